The fraction of sp³-hybridized carbons (Fsp3) is 0.667. The minimum atomic E-state index is -2.41. The third-order valence-electron chi connectivity index (χ3n) is 2.30. The molecule has 0 aromatic heterocycles. The molecule has 0 bridgehead atoms. The lowest BCUT2D eigenvalue weighted by Gasteiger charge is -2.30. The van der Waals surface area contributed by atoms with Gasteiger partial charge in [0.25, 0.3) is 0 Å². The molecule has 1 rings (SSSR count). The van der Waals surface area contributed by atoms with Gasteiger partial charge in [-0.25, -0.2) is 0 Å². The van der Waals surface area contributed by atoms with Gasteiger partial charge < -0.3 is 0 Å². The van der Waals surface area contributed by atoms with E-state index in [-0.39, 0.29) is 0 Å². The SMILES string of the molecule is O=[N+]([O-])C1=C([N+](=O)[O-])C(Cl)(Cl)CC(Cl)(Cl)C1[N+](=O)[O-]. The Labute approximate surface area is 124 Å². The minimum Gasteiger partial charge on any atom is -0.264 e. The molecule has 0 fully saturated rings. The highest BCUT2D eigenvalue weighted by atomic mass is 35.5. The van der Waals surface area contributed by atoms with Crippen LogP contribution in [0.15, 0.2) is 11.4 Å². The highest BCUT2D eigenvalue weighted by molar-refractivity contribution is 6.54. The van der Waals surface area contributed by atoms with Gasteiger partial charge in [-0.05, 0) is 0 Å². The summed E-state index contributed by atoms with van der Waals surface area (Å²) in [5.41, 5.74) is -2.74. The molecule has 0 N–H and O–H groups in total. The number of halogens is 4. The van der Waals surface area contributed by atoms with E-state index in [0.29, 0.717) is 0 Å². The zero-order chi connectivity index (χ0) is 15.2. The van der Waals surface area contributed by atoms with Crippen LogP contribution in [0.1, 0.15) is 6.42 Å². The first-order valence-corrected chi connectivity index (χ1v) is 5.85. The number of rotatable bonds is 3. The molecule has 1 aliphatic carbocycles. The van der Waals surface area contributed by atoms with Crippen LogP contribution in [-0.2, 0) is 0 Å². The predicted molar refractivity (Wildman–Crippen MR) is 65.3 cm³/mol. The van der Waals surface area contributed by atoms with E-state index >= 15 is 0 Å². The summed E-state index contributed by atoms with van der Waals surface area (Å²) in [5.74, 6) is 0. The number of nitro groups is 3. The van der Waals surface area contributed by atoms with Gasteiger partial charge in [-0.3, -0.25) is 30.3 Å². The van der Waals surface area contributed by atoms with Crippen LogP contribution in [0.25, 0.3) is 0 Å². The van der Waals surface area contributed by atoms with E-state index in [9.17, 15) is 30.3 Å². The topological polar surface area (TPSA) is 129 Å². The standard InChI is InChI=1S/C6H3Cl4N3O6/c7-5(8)1-6(9,10)4(13(18)19)2(11(14)15)3(5)12(16)17/h3H,1H2. The highest BCUT2D eigenvalue weighted by Crippen LogP contribution is 2.51. The second-order valence-corrected chi connectivity index (χ2v) is 6.60. The van der Waals surface area contributed by atoms with E-state index in [2.05, 4.69) is 0 Å². The van der Waals surface area contributed by atoms with Gasteiger partial charge in [-0.1, -0.05) is 46.4 Å². The van der Waals surface area contributed by atoms with Crippen LogP contribution in [0.2, 0.25) is 0 Å². The van der Waals surface area contributed by atoms with Crippen LogP contribution in [0.4, 0.5) is 0 Å². The maximum Gasteiger partial charge on any atom is 0.397 e. The van der Waals surface area contributed by atoms with Crippen molar-refractivity contribution in [2.45, 2.75) is 21.1 Å². The molecule has 0 amide bonds. The van der Waals surface area contributed by atoms with E-state index in [1.807, 2.05) is 0 Å². The monoisotopic (exact) mass is 353 g/mol. The van der Waals surface area contributed by atoms with Crippen molar-refractivity contribution >= 4 is 46.4 Å². The van der Waals surface area contributed by atoms with Crippen molar-refractivity contribution in [1.82, 2.24) is 0 Å². The summed E-state index contributed by atoms with van der Waals surface area (Å²) >= 11 is 22.4. The Morgan fingerprint density at radius 3 is 1.79 bits per heavy atom. The molecule has 19 heavy (non-hydrogen) atoms. The summed E-state index contributed by atoms with van der Waals surface area (Å²) in [4.78, 5) is 28.8. The average Bonchev–Trinajstić information content (AvgIpc) is 2.10. The van der Waals surface area contributed by atoms with Gasteiger partial charge >= 0.3 is 17.4 Å². The van der Waals surface area contributed by atoms with Crippen LogP contribution in [0, 0.1) is 30.3 Å². The van der Waals surface area contributed by atoms with Gasteiger partial charge in [0.1, 0.15) is 0 Å². The lowest BCUT2D eigenvalue weighted by molar-refractivity contribution is -0.569. The fourth-order valence-electron chi connectivity index (χ4n) is 1.66. The van der Waals surface area contributed by atoms with Gasteiger partial charge in [-0.2, -0.15) is 0 Å². The summed E-state index contributed by atoms with van der Waals surface area (Å²) in [5, 5.41) is 32.5. The van der Waals surface area contributed by atoms with Crippen molar-refractivity contribution in [2.24, 2.45) is 0 Å². The quantitative estimate of drug-likeness (QED) is 0.433. The first-order valence-electron chi connectivity index (χ1n) is 4.34. The van der Waals surface area contributed by atoms with Crippen molar-refractivity contribution in [1.29, 1.82) is 0 Å². The van der Waals surface area contributed by atoms with E-state index < -0.39 is 47.3 Å². The Kier molecular flexibility index (Phi) is 4.16. The van der Waals surface area contributed by atoms with Gasteiger partial charge in [0, 0.05) is 11.3 Å². The molecule has 1 unspecified atom stereocenters. The van der Waals surface area contributed by atoms with Crippen LogP contribution in [-0.4, -0.2) is 29.5 Å². The van der Waals surface area contributed by atoms with Crippen LogP contribution < -0.4 is 0 Å². The Balaban J connectivity index is 3.71. The maximum absolute atomic E-state index is 10.9. The lowest BCUT2D eigenvalue weighted by atomic mass is 9.95. The van der Waals surface area contributed by atoms with Crippen molar-refractivity contribution in [3.63, 3.8) is 0 Å². The zero-order valence-corrected chi connectivity index (χ0v) is 11.6. The van der Waals surface area contributed by atoms with Gasteiger partial charge in [0.15, 0.2) is 4.33 Å². The number of hydrogen-bond acceptors (Lipinski definition) is 6. The molecule has 106 valence electrons. The number of nitrogens with zero attached hydrogens (tertiary/aromatic N) is 3. The van der Waals surface area contributed by atoms with Gasteiger partial charge in [-0.15, -0.1) is 0 Å². The molecule has 9 nitrogen and oxygen atoms in total. The average molecular weight is 355 g/mol. The van der Waals surface area contributed by atoms with Crippen molar-refractivity contribution < 1.29 is 14.8 Å². The molecule has 1 atom stereocenters. The molecule has 0 radical (unpaired) electrons. The molecule has 0 aromatic carbocycles. The molecule has 0 saturated carbocycles. The number of allylic oxidation sites excluding steroid dienone is 1. The smallest absolute Gasteiger partial charge is 0.264 e. The number of hydrogen-bond donors (Lipinski definition) is 0. The fourth-order valence-corrected chi connectivity index (χ4v) is 3.45. The Morgan fingerprint density at radius 2 is 1.47 bits per heavy atom. The van der Waals surface area contributed by atoms with E-state index in [4.69, 9.17) is 46.4 Å². The third-order valence-corrected chi connectivity index (χ3v) is 3.60. The molecular weight excluding hydrogens is 352 g/mol. The van der Waals surface area contributed by atoms with Crippen LogP contribution in [0.3, 0.4) is 0 Å². The van der Waals surface area contributed by atoms with E-state index in [1.54, 1.807) is 0 Å². The highest BCUT2D eigenvalue weighted by Gasteiger charge is 2.68. The predicted octanol–water partition coefficient (Wildman–Crippen LogP) is 2.15. The second kappa shape index (κ2) is 4.89. The Hall–Kier alpha value is -0.900. The molecule has 13 heteroatoms. The largest absolute Gasteiger partial charge is 0.397 e. The molecule has 0 saturated heterocycles. The van der Waals surface area contributed by atoms with Crippen molar-refractivity contribution in [3.8, 4) is 0 Å². The third kappa shape index (κ3) is 2.83. The van der Waals surface area contributed by atoms with Gasteiger partial charge in [0.05, 0.1) is 9.85 Å². The molecule has 0 spiro atoms. The molecule has 0 heterocycles. The molecule has 1 aliphatic rings. The second-order valence-electron chi connectivity index (χ2n) is 3.58. The number of alkyl halides is 4. The normalized spacial score (nSPS) is 24.9. The maximum atomic E-state index is 10.9. The minimum absolute atomic E-state index is 0.814. The summed E-state index contributed by atoms with van der Waals surface area (Å²) in [6.07, 6.45) is -0.814. The summed E-state index contributed by atoms with van der Waals surface area (Å²) in [6, 6.07) is -2.32. The molecule has 0 aromatic rings. The first-order chi connectivity index (χ1) is 8.42. The summed E-state index contributed by atoms with van der Waals surface area (Å²) in [7, 11) is 0. The molecular formula is C6H3Cl4N3O6. The lowest BCUT2D eigenvalue weighted by Crippen LogP contribution is -2.51. The van der Waals surface area contributed by atoms with Crippen molar-refractivity contribution in [3.05, 3.63) is 41.7 Å². The first kappa shape index (κ1) is 16.2. The summed E-state index contributed by atoms with van der Waals surface area (Å²) < 4.78 is -4.77. The summed E-state index contributed by atoms with van der Waals surface area (Å²) in [6.45, 7) is 0. The zero-order valence-electron chi connectivity index (χ0n) is 8.59. The Bertz CT molecular complexity index is 503. The van der Waals surface area contributed by atoms with E-state index in [1.165, 1.54) is 0 Å². The van der Waals surface area contributed by atoms with Crippen LogP contribution >= 0.6 is 46.4 Å². The van der Waals surface area contributed by atoms with Crippen LogP contribution in [0.5, 0.6) is 0 Å². The van der Waals surface area contributed by atoms with E-state index in [0.717, 1.165) is 0 Å². The molecule has 0 aliphatic heterocycles. The van der Waals surface area contributed by atoms with Crippen molar-refractivity contribution in [2.75, 3.05) is 0 Å². The Morgan fingerprint density at radius 1 is 1.00 bits per heavy atom. The van der Waals surface area contributed by atoms with Gasteiger partial charge in [0.2, 0.25) is 4.33 Å².